The number of aromatic nitrogens is 5. The van der Waals surface area contributed by atoms with Crippen LogP contribution in [0.4, 0.5) is 0 Å². The van der Waals surface area contributed by atoms with Crippen LogP contribution in [0.2, 0.25) is 4.34 Å². The molecule has 3 aromatic heterocycles. The van der Waals surface area contributed by atoms with Gasteiger partial charge in [0.1, 0.15) is 9.34 Å². The van der Waals surface area contributed by atoms with Crippen LogP contribution in [0, 0.1) is 13.8 Å². The van der Waals surface area contributed by atoms with Crippen molar-refractivity contribution in [3.8, 4) is 5.00 Å². The van der Waals surface area contributed by atoms with Crippen LogP contribution in [0.1, 0.15) is 10.4 Å². The maximum Gasteiger partial charge on any atom is 0.221 e. The molecule has 0 aliphatic carbocycles. The van der Waals surface area contributed by atoms with Crippen LogP contribution in [-0.2, 0) is 0 Å². The molecule has 9 heteroatoms. The average Bonchev–Trinajstić information content (AvgIpc) is 3.04. The summed E-state index contributed by atoms with van der Waals surface area (Å²) in [5, 5.41) is 13.5. The summed E-state index contributed by atoms with van der Waals surface area (Å²) in [4.78, 5) is 5.45. The van der Waals surface area contributed by atoms with E-state index in [4.69, 9.17) is 11.6 Å². The summed E-state index contributed by atoms with van der Waals surface area (Å²) >= 11 is 10.4. The fraction of sp³-hybridized carbons (Fsp3) is 0.200. The summed E-state index contributed by atoms with van der Waals surface area (Å²) in [7, 11) is 0. The first-order chi connectivity index (χ1) is 9.13. The third kappa shape index (κ3) is 2.66. The fourth-order valence-corrected chi connectivity index (χ4v) is 4.44. The van der Waals surface area contributed by atoms with Gasteiger partial charge in [0.2, 0.25) is 5.16 Å². The minimum atomic E-state index is 0.657. The molecule has 0 amide bonds. The molecule has 19 heavy (non-hydrogen) atoms. The average molecular weight is 330 g/mol. The van der Waals surface area contributed by atoms with Crippen LogP contribution >= 0.6 is 46.0 Å². The predicted molar refractivity (Wildman–Crippen MR) is 77.8 cm³/mol. The Kier molecular flexibility index (Phi) is 3.57. The van der Waals surface area contributed by atoms with E-state index in [1.165, 1.54) is 33.5 Å². The van der Waals surface area contributed by atoms with Gasteiger partial charge in [0, 0.05) is 4.88 Å². The molecule has 3 aromatic rings. The molecule has 0 N–H and O–H groups in total. The molecule has 0 spiro atoms. The van der Waals surface area contributed by atoms with Crippen molar-refractivity contribution in [2.45, 2.75) is 23.3 Å². The first-order valence-electron chi connectivity index (χ1n) is 5.28. The lowest BCUT2D eigenvalue weighted by Crippen LogP contribution is -1.95. The first-order valence-corrected chi connectivity index (χ1v) is 8.11. The molecule has 5 nitrogen and oxygen atoms in total. The van der Waals surface area contributed by atoms with Crippen molar-refractivity contribution in [3.63, 3.8) is 0 Å². The van der Waals surface area contributed by atoms with Gasteiger partial charge in [-0.05, 0) is 47.7 Å². The Morgan fingerprint density at radius 3 is 2.79 bits per heavy atom. The van der Waals surface area contributed by atoms with E-state index in [1.54, 1.807) is 22.2 Å². The summed E-state index contributed by atoms with van der Waals surface area (Å²) in [6, 6.07) is 2.08. The monoisotopic (exact) mass is 329 g/mol. The van der Waals surface area contributed by atoms with Gasteiger partial charge in [0.05, 0.1) is 6.20 Å². The molecule has 3 heterocycles. The van der Waals surface area contributed by atoms with Crippen molar-refractivity contribution < 1.29 is 0 Å². The highest BCUT2D eigenvalue weighted by molar-refractivity contribution is 8.00. The maximum atomic E-state index is 5.87. The zero-order chi connectivity index (χ0) is 13.4. The molecule has 0 saturated heterocycles. The number of hydrogen-bond acceptors (Lipinski definition) is 7. The van der Waals surface area contributed by atoms with Crippen LogP contribution < -0.4 is 0 Å². The molecular formula is C10H8ClN5S3. The summed E-state index contributed by atoms with van der Waals surface area (Å²) < 4.78 is 3.21. The van der Waals surface area contributed by atoms with Gasteiger partial charge >= 0.3 is 0 Å². The lowest BCUT2D eigenvalue weighted by atomic mass is 10.3. The van der Waals surface area contributed by atoms with Gasteiger partial charge in [0.25, 0.3) is 0 Å². The third-order valence-electron chi connectivity index (χ3n) is 2.44. The van der Waals surface area contributed by atoms with Gasteiger partial charge in [0.15, 0.2) is 4.34 Å². The smallest absolute Gasteiger partial charge is 0.221 e. The molecule has 0 aliphatic heterocycles. The number of hydrogen-bond donors (Lipinski definition) is 0. The van der Waals surface area contributed by atoms with Gasteiger partial charge < -0.3 is 0 Å². The molecular weight excluding hydrogens is 322 g/mol. The van der Waals surface area contributed by atoms with Crippen molar-refractivity contribution >= 4 is 46.0 Å². The second-order valence-corrected chi connectivity index (χ2v) is 7.84. The van der Waals surface area contributed by atoms with Crippen LogP contribution in [0.25, 0.3) is 5.00 Å². The minimum absolute atomic E-state index is 0.657. The lowest BCUT2D eigenvalue weighted by molar-refractivity contribution is 0.767. The topological polar surface area (TPSA) is 56.5 Å². The van der Waals surface area contributed by atoms with E-state index in [0.717, 1.165) is 9.34 Å². The Labute approximate surface area is 126 Å². The number of aryl methyl sites for hydroxylation is 2. The highest BCUT2D eigenvalue weighted by atomic mass is 35.5. The molecule has 98 valence electrons. The van der Waals surface area contributed by atoms with Gasteiger partial charge in [-0.25, -0.2) is 4.98 Å². The number of rotatable bonds is 3. The number of tetrazole rings is 1. The Morgan fingerprint density at radius 2 is 2.16 bits per heavy atom. The van der Waals surface area contributed by atoms with Crippen molar-refractivity contribution in [2.24, 2.45) is 0 Å². The Hall–Kier alpha value is -0.960. The number of thiophene rings is 1. The van der Waals surface area contributed by atoms with E-state index in [0.29, 0.717) is 9.49 Å². The Bertz CT molecular complexity index is 697. The van der Waals surface area contributed by atoms with Crippen LogP contribution in [0.3, 0.4) is 0 Å². The molecule has 0 aliphatic rings. The second-order valence-electron chi connectivity index (χ2n) is 3.73. The minimum Gasteiger partial charge on any atom is -0.236 e. The van der Waals surface area contributed by atoms with E-state index in [1.807, 2.05) is 0 Å². The highest BCUT2D eigenvalue weighted by Crippen LogP contribution is 2.33. The molecule has 0 saturated carbocycles. The third-order valence-corrected chi connectivity index (χ3v) is 5.69. The number of thiazole rings is 1. The zero-order valence-electron chi connectivity index (χ0n) is 9.99. The Morgan fingerprint density at radius 1 is 1.32 bits per heavy atom. The van der Waals surface area contributed by atoms with Crippen LogP contribution in [0.15, 0.2) is 21.8 Å². The fourth-order valence-electron chi connectivity index (χ4n) is 1.40. The van der Waals surface area contributed by atoms with Crippen molar-refractivity contribution in [1.82, 2.24) is 25.2 Å². The van der Waals surface area contributed by atoms with Gasteiger partial charge in [-0.1, -0.05) is 22.9 Å². The first kappa shape index (κ1) is 13.0. The summed E-state index contributed by atoms with van der Waals surface area (Å²) in [5.74, 6) is 0. The molecule has 0 bridgehead atoms. The van der Waals surface area contributed by atoms with E-state index in [-0.39, 0.29) is 0 Å². The molecule has 3 rings (SSSR count). The number of nitrogens with zero attached hydrogens (tertiary/aromatic N) is 5. The molecule has 0 radical (unpaired) electrons. The SMILES string of the molecule is Cc1cc(-n2nnnc2Sc2ncc(Cl)s2)sc1C. The van der Waals surface area contributed by atoms with Crippen LogP contribution in [-0.4, -0.2) is 25.2 Å². The van der Waals surface area contributed by atoms with Gasteiger partial charge in [-0.3, -0.25) is 0 Å². The van der Waals surface area contributed by atoms with Gasteiger partial charge in [-0.15, -0.1) is 16.4 Å². The normalized spacial score (nSPS) is 11.1. The molecule has 0 atom stereocenters. The van der Waals surface area contributed by atoms with E-state index >= 15 is 0 Å². The summed E-state index contributed by atoms with van der Waals surface area (Å²) in [6.07, 6.45) is 1.63. The Balaban J connectivity index is 1.94. The largest absolute Gasteiger partial charge is 0.236 e. The molecule has 0 unspecified atom stereocenters. The van der Waals surface area contributed by atoms with Crippen molar-refractivity contribution in [3.05, 3.63) is 27.0 Å². The predicted octanol–water partition coefficient (Wildman–Crippen LogP) is 3.60. The van der Waals surface area contributed by atoms with E-state index < -0.39 is 0 Å². The van der Waals surface area contributed by atoms with E-state index in [9.17, 15) is 0 Å². The maximum absolute atomic E-state index is 5.87. The van der Waals surface area contributed by atoms with Crippen molar-refractivity contribution in [2.75, 3.05) is 0 Å². The number of halogens is 1. The standard InChI is InChI=1S/C10H8ClN5S3/c1-5-3-8(17-6(5)2)16-9(13-14-15-16)19-10-12-4-7(11)18-10/h3-4H,1-2H3. The quantitative estimate of drug-likeness (QED) is 0.734. The zero-order valence-corrected chi connectivity index (χ0v) is 13.2. The second kappa shape index (κ2) is 5.20. The molecule has 0 aromatic carbocycles. The highest BCUT2D eigenvalue weighted by Gasteiger charge is 2.14. The van der Waals surface area contributed by atoms with Crippen molar-refractivity contribution in [1.29, 1.82) is 0 Å². The lowest BCUT2D eigenvalue weighted by Gasteiger charge is -1.98. The van der Waals surface area contributed by atoms with Crippen LogP contribution in [0.5, 0.6) is 0 Å². The summed E-state index contributed by atoms with van der Waals surface area (Å²) in [6.45, 7) is 4.16. The summed E-state index contributed by atoms with van der Waals surface area (Å²) in [5.41, 5.74) is 1.24. The van der Waals surface area contributed by atoms with E-state index in [2.05, 4.69) is 40.4 Å². The van der Waals surface area contributed by atoms with Gasteiger partial charge in [-0.2, -0.15) is 4.68 Å². The molecule has 0 fully saturated rings.